The highest BCUT2D eigenvalue weighted by Gasteiger charge is 2.57. The highest BCUT2D eigenvalue weighted by molar-refractivity contribution is 5.98. The van der Waals surface area contributed by atoms with Crippen molar-refractivity contribution in [3.05, 3.63) is 23.5 Å². The van der Waals surface area contributed by atoms with Gasteiger partial charge >= 0.3 is 0 Å². The Hall–Kier alpha value is -1.98. The van der Waals surface area contributed by atoms with Gasteiger partial charge in [-0.25, -0.2) is 4.99 Å². The van der Waals surface area contributed by atoms with Crippen LogP contribution in [0.25, 0.3) is 0 Å². The van der Waals surface area contributed by atoms with Crippen LogP contribution in [0.15, 0.2) is 17.3 Å². The fourth-order valence-corrected chi connectivity index (χ4v) is 3.36. The van der Waals surface area contributed by atoms with Gasteiger partial charge in [0.1, 0.15) is 17.4 Å². The molecule has 6 nitrogen and oxygen atoms in total. The maximum absolute atomic E-state index is 12.4. The Morgan fingerprint density at radius 2 is 2.47 bits per heavy atom. The van der Waals surface area contributed by atoms with Crippen molar-refractivity contribution in [1.82, 2.24) is 15.2 Å². The van der Waals surface area contributed by atoms with Gasteiger partial charge in [0, 0.05) is 18.3 Å². The minimum atomic E-state index is -0.406. The largest absolute Gasteiger partial charge is 0.370 e. The van der Waals surface area contributed by atoms with Crippen molar-refractivity contribution < 1.29 is 4.79 Å². The molecule has 1 spiro atoms. The number of aliphatic imine (C=N–C) groups is 1. The second-order valence-electron chi connectivity index (χ2n) is 4.83. The highest BCUT2D eigenvalue weighted by Crippen LogP contribution is 2.47. The number of H-pyrrole nitrogens is 1. The molecule has 4 N–H and O–H groups in total. The average Bonchev–Trinajstić information content (AvgIpc) is 2.96. The van der Waals surface area contributed by atoms with Crippen LogP contribution < -0.4 is 11.1 Å². The Labute approximate surface area is 97.9 Å². The van der Waals surface area contributed by atoms with E-state index in [9.17, 15) is 4.79 Å². The van der Waals surface area contributed by atoms with Crippen molar-refractivity contribution in [3.63, 3.8) is 0 Å². The monoisotopic (exact) mass is 231 g/mol. The van der Waals surface area contributed by atoms with Crippen LogP contribution in [0.4, 0.5) is 0 Å². The molecule has 0 unspecified atom stereocenters. The topological polar surface area (TPSA) is 86.5 Å². The Morgan fingerprint density at radius 1 is 1.59 bits per heavy atom. The van der Waals surface area contributed by atoms with E-state index in [4.69, 9.17) is 5.73 Å². The molecule has 17 heavy (non-hydrogen) atoms. The average molecular weight is 231 g/mol. The van der Waals surface area contributed by atoms with Gasteiger partial charge in [0.2, 0.25) is 0 Å². The van der Waals surface area contributed by atoms with Crippen LogP contribution >= 0.6 is 0 Å². The van der Waals surface area contributed by atoms with Crippen LogP contribution in [-0.2, 0) is 0 Å². The number of amides is 1. The molecule has 2 atom stereocenters. The quantitative estimate of drug-likeness (QED) is 0.583. The number of rotatable bonds is 0. The fourth-order valence-electron chi connectivity index (χ4n) is 3.36. The number of aromatic nitrogens is 1. The zero-order chi connectivity index (χ0) is 11.6. The van der Waals surface area contributed by atoms with E-state index in [1.165, 1.54) is 0 Å². The van der Waals surface area contributed by atoms with Gasteiger partial charge in [0.25, 0.3) is 5.91 Å². The number of nitrogens with zero attached hydrogens (tertiary/aromatic N) is 2. The number of aromatic amines is 1. The summed E-state index contributed by atoms with van der Waals surface area (Å²) in [6.45, 7) is 0.767. The summed E-state index contributed by atoms with van der Waals surface area (Å²) in [5, 5.41) is 3.21. The highest BCUT2D eigenvalue weighted by atomic mass is 16.2. The minimum Gasteiger partial charge on any atom is -0.370 e. The van der Waals surface area contributed by atoms with Crippen LogP contribution in [0, 0.1) is 0 Å². The van der Waals surface area contributed by atoms with E-state index in [2.05, 4.69) is 15.3 Å². The molecule has 1 aromatic rings. The molecule has 3 aliphatic heterocycles. The van der Waals surface area contributed by atoms with Crippen molar-refractivity contribution in [2.45, 2.75) is 24.5 Å². The van der Waals surface area contributed by atoms with Crippen LogP contribution in [-0.4, -0.2) is 34.0 Å². The normalized spacial score (nSPS) is 33.9. The molecule has 1 fully saturated rings. The molecule has 1 amide bonds. The number of nitrogens with one attached hydrogen (secondary N) is 2. The van der Waals surface area contributed by atoms with Crippen LogP contribution in [0.3, 0.4) is 0 Å². The smallest absolute Gasteiger partial charge is 0.272 e. The summed E-state index contributed by atoms with van der Waals surface area (Å²) in [5.74, 6) is 0.486. The molecule has 0 saturated carbocycles. The zero-order valence-electron chi connectivity index (χ0n) is 9.23. The van der Waals surface area contributed by atoms with E-state index in [-0.39, 0.29) is 11.9 Å². The SMILES string of the molecule is NC1=N[C@H]2c3cc[nH]c3C(=O)N3CCC[C@]23N1. The lowest BCUT2D eigenvalue weighted by molar-refractivity contribution is 0.0465. The number of hydrogen-bond acceptors (Lipinski definition) is 4. The van der Waals surface area contributed by atoms with Gasteiger partial charge in [0.15, 0.2) is 5.96 Å². The van der Waals surface area contributed by atoms with Crippen molar-refractivity contribution >= 4 is 11.9 Å². The minimum absolute atomic E-state index is 0.0520. The zero-order valence-corrected chi connectivity index (χ0v) is 9.23. The third-order valence-electron chi connectivity index (χ3n) is 4.02. The van der Waals surface area contributed by atoms with E-state index in [1.54, 1.807) is 6.20 Å². The second kappa shape index (κ2) is 2.64. The van der Waals surface area contributed by atoms with E-state index in [1.807, 2.05) is 11.0 Å². The van der Waals surface area contributed by atoms with E-state index >= 15 is 0 Å². The molecule has 0 radical (unpaired) electrons. The molecular formula is C11H13N5O. The predicted molar refractivity (Wildman–Crippen MR) is 61.3 cm³/mol. The lowest BCUT2D eigenvalue weighted by Crippen LogP contribution is -2.61. The maximum atomic E-state index is 12.4. The maximum Gasteiger partial charge on any atom is 0.272 e. The molecule has 0 aliphatic carbocycles. The van der Waals surface area contributed by atoms with Crippen molar-refractivity contribution in [3.8, 4) is 0 Å². The van der Waals surface area contributed by atoms with E-state index in [0.29, 0.717) is 11.7 Å². The Balaban J connectivity index is 1.97. The number of hydrogen-bond donors (Lipinski definition) is 3. The summed E-state index contributed by atoms with van der Waals surface area (Å²) in [6, 6.07) is 1.86. The third kappa shape index (κ3) is 0.878. The predicted octanol–water partition coefficient (Wildman–Crippen LogP) is -0.0804. The lowest BCUT2D eigenvalue weighted by atomic mass is 9.88. The van der Waals surface area contributed by atoms with Crippen molar-refractivity contribution in [2.24, 2.45) is 10.7 Å². The Morgan fingerprint density at radius 3 is 3.35 bits per heavy atom. The van der Waals surface area contributed by atoms with Gasteiger partial charge in [-0.2, -0.15) is 0 Å². The number of fused-ring (bicyclic) bond motifs is 2. The molecule has 4 heterocycles. The van der Waals surface area contributed by atoms with Crippen molar-refractivity contribution in [2.75, 3.05) is 6.54 Å². The first kappa shape index (κ1) is 9.09. The van der Waals surface area contributed by atoms with Gasteiger partial charge in [-0.3, -0.25) is 4.79 Å². The van der Waals surface area contributed by atoms with Gasteiger partial charge in [-0.15, -0.1) is 0 Å². The van der Waals surface area contributed by atoms with Crippen LogP contribution in [0.2, 0.25) is 0 Å². The summed E-state index contributed by atoms with van der Waals surface area (Å²) >= 11 is 0. The van der Waals surface area contributed by atoms with E-state index in [0.717, 1.165) is 24.9 Å². The summed E-state index contributed by atoms with van der Waals surface area (Å²) in [5.41, 5.74) is 7.02. The first-order chi connectivity index (χ1) is 8.22. The summed E-state index contributed by atoms with van der Waals surface area (Å²) in [4.78, 5) is 21.7. The summed E-state index contributed by atoms with van der Waals surface area (Å²) < 4.78 is 0. The number of nitrogens with two attached hydrogens (primary N) is 1. The molecule has 3 aliphatic rings. The molecule has 0 aromatic carbocycles. The van der Waals surface area contributed by atoms with Gasteiger partial charge in [0.05, 0.1) is 0 Å². The summed E-state index contributed by atoms with van der Waals surface area (Å²) in [6.07, 6.45) is 3.68. The first-order valence-electron chi connectivity index (χ1n) is 5.83. The lowest BCUT2D eigenvalue weighted by Gasteiger charge is -2.42. The molecule has 6 heteroatoms. The van der Waals surface area contributed by atoms with Gasteiger partial charge in [-0.1, -0.05) is 0 Å². The van der Waals surface area contributed by atoms with Gasteiger partial charge < -0.3 is 20.9 Å². The number of carbonyl (C=O) groups is 1. The molecule has 1 aromatic heterocycles. The van der Waals surface area contributed by atoms with Gasteiger partial charge in [-0.05, 0) is 18.9 Å². The molecule has 4 rings (SSSR count). The molecule has 0 bridgehead atoms. The van der Waals surface area contributed by atoms with Crippen molar-refractivity contribution in [1.29, 1.82) is 0 Å². The van der Waals surface area contributed by atoms with Crippen LogP contribution in [0.1, 0.15) is 34.9 Å². The standard InChI is InChI=1S/C11H13N5O/c12-10-14-8-6-2-4-13-7(6)9(17)16-5-1-3-11(8,16)15-10/h2,4,8,13H,1,3,5H2,(H3,12,14,15)/t8-,11+/m0/s1. The number of carbonyl (C=O) groups excluding carboxylic acids is 1. The Kier molecular flexibility index (Phi) is 1.41. The first-order valence-corrected chi connectivity index (χ1v) is 5.83. The third-order valence-corrected chi connectivity index (χ3v) is 4.02. The Bertz CT molecular complexity index is 548. The number of guanidine groups is 1. The molecule has 88 valence electrons. The molecular weight excluding hydrogens is 218 g/mol. The van der Waals surface area contributed by atoms with E-state index < -0.39 is 5.66 Å². The summed E-state index contributed by atoms with van der Waals surface area (Å²) in [7, 11) is 0. The fraction of sp³-hybridized carbons (Fsp3) is 0.455. The second-order valence-corrected chi connectivity index (χ2v) is 4.83. The molecule has 1 saturated heterocycles. The van der Waals surface area contributed by atoms with Crippen LogP contribution in [0.5, 0.6) is 0 Å².